The second kappa shape index (κ2) is 6.56. The first-order valence-corrected chi connectivity index (χ1v) is 9.24. The van der Waals surface area contributed by atoms with Crippen molar-refractivity contribution in [1.29, 1.82) is 0 Å². The fourth-order valence-electron chi connectivity index (χ4n) is 3.04. The van der Waals surface area contributed by atoms with Crippen LogP contribution in [0.3, 0.4) is 0 Å². The molecule has 0 aliphatic carbocycles. The third kappa shape index (κ3) is 4.12. The van der Waals surface area contributed by atoms with Crippen LogP contribution < -0.4 is 5.73 Å². The number of nitrogen functional groups attached to an aromatic ring is 1. The number of anilines is 1. The highest BCUT2D eigenvalue weighted by Gasteiger charge is 2.29. The van der Waals surface area contributed by atoms with E-state index in [1.165, 1.54) is 0 Å². The van der Waals surface area contributed by atoms with Crippen LogP contribution in [-0.4, -0.2) is 10.2 Å². The molecular formula is C21H28BrNO2. The lowest BCUT2D eigenvalue weighted by Crippen LogP contribution is -2.19. The quantitative estimate of drug-likeness (QED) is 0.447. The van der Waals surface area contributed by atoms with Crippen molar-refractivity contribution in [3.8, 4) is 11.5 Å². The van der Waals surface area contributed by atoms with Crippen LogP contribution >= 0.6 is 15.9 Å². The van der Waals surface area contributed by atoms with E-state index in [1.807, 2.05) is 45.0 Å². The Morgan fingerprint density at radius 2 is 1.44 bits per heavy atom. The molecule has 25 heavy (non-hydrogen) atoms. The fourth-order valence-corrected chi connectivity index (χ4v) is 3.44. The van der Waals surface area contributed by atoms with Crippen molar-refractivity contribution < 1.29 is 10.2 Å². The van der Waals surface area contributed by atoms with Gasteiger partial charge in [0.05, 0.1) is 0 Å². The molecule has 0 unspecified atom stereocenters. The molecule has 0 aliphatic heterocycles. The summed E-state index contributed by atoms with van der Waals surface area (Å²) in [7, 11) is 0. The summed E-state index contributed by atoms with van der Waals surface area (Å²) in [6, 6.07) is 7.72. The molecule has 0 saturated carbocycles. The van der Waals surface area contributed by atoms with Crippen LogP contribution in [0.2, 0.25) is 0 Å². The number of nitrogens with two attached hydrogens (primary N) is 1. The molecule has 4 heteroatoms. The van der Waals surface area contributed by atoms with Gasteiger partial charge in [-0.15, -0.1) is 0 Å². The van der Waals surface area contributed by atoms with Gasteiger partial charge in [0.25, 0.3) is 0 Å². The number of benzene rings is 2. The summed E-state index contributed by atoms with van der Waals surface area (Å²) < 4.78 is 0.934. The third-order valence-electron chi connectivity index (χ3n) is 4.47. The number of hydrogen-bond acceptors (Lipinski definition) is 3. The van der Waals surface area contributed by atoms with Crippen molar-refractivity contribution >= 4 is 21.6 Å². The molecule has 0 heterocycles. The smallest absolute Gasteiger partial charge is 0.161 e. The van der Waals surface area contributed by atoms with Crippen LogP contribution in [0.4, 0.5) is 5.69 Å². The van der Waals surface area contributed by atoms with E-state index in [4.69, 9.17) is 5.73 Å². The summed E-state index contributed by atoms with van der Waals surface area (Å²) in [6.45, 7) is 12.4. The number of rotatable bonds is 2. The molecule has 4 N–H and O–H groups in total. The molecule has 3 nitrogen and oxygen atoms in total. The number of halogens is 1. The van der Waals surface area contributed by atoms with E-state index < -0.39 is 0 Å². The van der Waals surface area contributed by atoms with E-state index in [-0.39, 0.29) is 22.3 Å². The zero-order valence-electron chi connectivity index (χ0n) is 15.9. The van der Waals surface area contributed by atoms with Crippen LogP contribution in [0.5, 0.6) is 11.5 Å². The maximum atomic E-state index is 10.8. The van der Waals surface area contributed by atoms with Crippen molar-refractivity contribution in [3.63, 3.8) is 0 Å². The first-order valence-electron chi connectivity index (χ1n) is 8.45. The van der Waals surface area contributed by atoms with Crippen molar-refractivity contribution in [1.82, 2.24) is 0 Å². The van der Waals surface area contributed by atoms with E-state index in [1.54, 1.807) is 0 Å². The van der Waals surface area contributed by atoms with Gasteiger partial charge in [-0.1, -0.05) is 63.5 Å². The summed E-state index contributed by atoms with van der Waals surface area (Å²) in [5, 5.41) is 21.4. The average Bonchev–Trinajstić information content (AvgIpc) is 2.45. The Bertz CT molecular complexity index is 799. The van der Waals surface area contributed by atoms with Gasteiger partial charge in [-0.3, -0.25) is 0 Å². The molecule has 0 atom stereocenters. The molecule has 0 radical (unpaired) electrons. The number of aromatic hydroxyl groups is 2. The predicted octanol–water partition coefficient (Wildman–Crippen LogP) is 5.63. The second-order valence-electron chi connectivity index (χ2n) is 8.67. The van der Waals surface area contributed by atoms with Gasteiger partial charge in [-0.2, -0.15) is 0 Å². The molecule has 2 aromatic rings. The summed E-state index contributed by atoms with van der Waals surface area (Å²) in [5.41, 5.74) is 9.75. The van der Waals surface area contributed by atoms with Gasteiger partial charge < -0.3 is 15.9 Å². The zero-order chi connectivity index (χ0) is 19.2. The lowest BCUT2D eigenvalue weighted by molar-refractivity contribution is 0.382. The van der Waals surface area contributed by atoms with Gasteiger partial charge in [0, 0.05) is 27.7 Å². The molecule has 0 aliphatic rings. The highest BCUT2D eigenvalue weighted by Crippen LogP contribution is 2.45. The molecule has 0 saturated heterocycles. The van der Waals surface area contributed by atoms with Crippen LogP contribution in [0.25, 0.3) is 0 Å². The number of phenolic OH excluding ortho intramolecular Hbond substituents is 2. The summed E-state index contributed by atoms with van der Waals surface area (Å²) in [5.74, 6) is -0.0826. The lowest BCUT2D eigenvalue weighted by atomic mass is 9.76. The highest BCUT2D eigenvalue weighted by atomic mass is 79.9. The molecule has 0 spiro atoms. The minimum atomic E-state index is -0.269. The van der Waals surface area contributed by atoms with Crippen LogP contribution in [0.1, 0.15) is 63.8 Å². The fraction of sp³-hybridized carbons (Fsp3) is 0.429. The Morgan fingerprint density at radius 3 is 1.96 bits per heavy atom. The third-order valence-corrected chi connectivity index (χ3v) is 4.96. The molecule has 0 fully saturated rings. The Balaban J connectivity index is 2.72. The SMILES string of the molecule is CC(C)(C)c1cc(C(C)(C)C)c(Cc2cc(Br)ccc2N)c(O)c1O. The van der Waals surface area contributed by atoms with Crippen molar-refractivity contribution in [3.05, 3.63) is 51.0 Å². The predicted molar refractivity (Wildman–Crippen MR) is 109 cm³/mol. The summed E-state index contributed by atoms with van der Waals surface area (Å²) in [4.78, 5) is 0. The normalized spacial score (nSPS) is 12.4. The molecule has 2 rings (SSSR count). The van der Waals surface area contributed by atoms with Crippen LogP contribution in [-0.2, 0) is 17.3 Å². The Kier molecular flexibility index (Phi) is 5.16. The van der Waals surface area contributed by atoms with E-state index >= 15 is 0 Å². The Morgan fingerprint density at radius 1 is 0.880 bits per heavy atom. The largest absolute Gasteiger partial charge is 0.504 e. The van der Waals surface area contributed by atoms with Gasteiger partial charge >= 0.3 is 0 Å². The van der Waals surface area contributed by atoms with Gasteiger partial charge in [0.2, 0.25) is 0 Å². The Labute approximate surface area is 159 Å². The van der Waals surface area contributed by atoms with E-state index in [0.717, 1.165) is 26.7 Å². The lowest BCUT2D eigenvalue weighted by Gasteiger charge is -2.29. The number of phenols is 2. The Hall–Kier alpha value is -1.68. The van der Waals surface area contributed by atoms with E-state index in [9.17, 15) is 10.2 Å². The number of hydrogen-bond donors (Lipinski definition) is 3. The average molecular weight is 406 g/mol. The molecule has 0 aromatic heterocycles. The monoisotopic (exact) mass is 405 g/mol. The first kappa shape index (κ1) is 19.6. The second-order valence-corrected chi connectivity index (χ2v) is 9.58. The van der Waals surface area contributed by atoms with Crippen LogP contribution in [0, 0.1) is 0 Å². The van der Waals surface area contributed by atoms with Gasteiger partial charge in [0.15, 0.2) is 11.5 Å². The molecular weight excluding hydrogens is 378 g/mol. The topological polar surface area (TPSA) is 66.5 Å². The van der Waals surface area contributed by atoms with E-state index in [2.05, 4.69) is 36.7 Å². The van der Waals surface area contributed by atoms with Crippen LogP contribution in [0.15, 0.2) is 28.7 Å². The maximum Gasteiger partial charge on any atom is 0.161 e. The minimum Gasteiger partial charge on any atom is -0.504 e. The zero-order valence-corrected chi connectivity index (χ0v) is 17.5. The molecule has 0 bridgehead atoms. The van der Waals surface area contributed by atoms with Gasteiger partial charge in [0.1, 0.15) is 0 Å². The van der Waals surface area contributed by atoms with Crippen molar-refractivity contribution in [2.24, 2.45) is 0 Å². The molecule has 136 valence electrons. The first-order chi connectivity index (χ1) is 11.3. The van der Waals surface area contributed by atoms with Crippen molar-refractivity contribution in [2.75, 3.05) is 5.73 Å². The van der Waals surface area contributed by atoms with Gasteiger partial charge in [-0.25, -0.2) is 0 Å². The van der Waals surface area contributed by atoms with E-state index in [0.29, 0.717) is 12.1 Å². The maximum absolute atomic E-state index is 10.8. The summed E-state index contributed by atoms with van der Waals surface area (Å²) >= 11 is 3.47. The standard InChI is InChI=1S/C21H28BrNO2/c1-20(2,3)15-11-16(21(4,5)6)19(25)18(24)14(15)10-12-9-13(22)7-8-17(12)23/h7-9,11,24-25H,10,23H2,1-6H3. The minimum absolute atomic E-state index is 0.0379. The van der Waals surface area contributed by atoms with Crippen molar-refractivity contribution in [2.45, 2.75) is 58.8 Å². The molecule has 0 amide bonds. The molecule has 2 aromatic carbocycles. The van der Waals surface area contributed by atoms with Gasteiger partial charge in [-0.05, 0) is 40.2 Å². The summed E-state index contributed by atoms with van der Waals surface area (Å²) in [6.07, 6.45) is 0.460. The highest BCUT2D eigenvalue weighted by molar-refractivity contribution is 9.10.